The maximum absolute atomic E-state index is 11.3. The van der Waals surface area contributed by atoms with Crippen LogP contribution in [-0.4, -0.2) is 34.4 Å². The molecule has 0 aliphatic carbocycles. The molecule has 0 amide bonds. The maximum atomic E-state index is 11.3. The monoisotopic (exact) mass is 237 g/mol. The standard InChI is InChI=1S/C13H19NO3/c1-10(9-15)14-13(2,12(16)17)8-11-6-4-3-5-7-11/h3-7,10,14-15H,8-9H2,1-2H3,(H,16,17). The van der Waals surface area contributed by atoms with Gasteiger partial charge in [0.05, 0.1) is 6.61 Å². The molecule has 3 N–H and O–H groups in total. The van der Waals surface area contributed by atoms with Gasteiger partial charge in [-0.25, -0.2) is 0 Å². The fourth-order valence-corrected chi connectivity index (χ4v) is 1.78. The minimum Gasteiger partial charge on any atom is -0.480 e. The predicted octanol–water partition coefficient (Wildman–Crippen LogP) is 1.04. The van der Waals surface area contributed by atoms with Crippen LogP contribution in [0.5, 0.6) is 0 Å². The fourth-order valence-electron chi connectivity index (χ4n) is 1.78. The molecule has 0 radical (unpaired) electrons. The lowest BCUT2D eigenvalue weighted by Gasteiger charge is -2.29. The predicted molar refractivity (Wildman–Crippen MR) is 65.9 cm³/mol. The van der Waals surface area contributed by atoms with Gasteiger partial charge >= 0.3 is 5.97 Å². The first kappa shape index (κ1) is 13.7. The van der Waals surface area contributed by atoms with Crippen molar-refractivity contribution >= 4 is 5.97 Å². The minimum absolute atomic E-state index is 0.0857. The second-order valence-corrected chi connectivity index (χ2v) is 4.53. The molecular weight excluding hydrogens is 218 g/mol. The highest BCUT2D eigenvalue weighted by Gasteiger charge is 2.34. The van der Waals surface area contributed by atoms with Gasteiger partial charge in [-0.1, -0.05) is 30.3 Å². The van der Waals surface area contributed by atoms with Crippen LogP contribution in [0.3, 0.4) is 0 Å². The van der Waals surface area contributed by atoms with Gasteiger partial charge in [-0.2, -0.15) is 0 Å². The number of rotatable bonds is 6. The normalized spacial score (nSPS) is 16.2. The average Bonchev–Trinajstić information content (AvgIpc) is 2.29. The van der Waals surface area contributed by atoms with Crippen LogP contribution in [0.25, 0.3) is 0 Å². The van der Waals surface area contributed by atoms with E-state index in [0.29, 0.717) is 6.42 Å². The molecule has 0 spiro atoms. The Labute approximate surface area is 101 Å². The van der Waals surface area contributed by atoms with Crippen LogP contribution in [0, 0.1) is 0 Å². The Morgan fingerprint density at radius 3 is 2.47 bits per heavy atom. The highest BCUT2D eigenvalue weighted by molar-refractivity contribution is 5.78. The van der Waals surface area contributed by atoms with Gasteiger partial charge < -0.3 is 10.2 Å². The molecule has 0 heterocycles. The van der Waals surface area contributed by atoms with E-state index in [2.05, 4.69) is 5.32 Å². The Bertz CT molecular complexity index is 366. The van der Waals surface area contributed by atoms with E-state index in [0.717, 1.165) is 5.56 Å². The molecule has 0 aliphatic rings. The van der Waals surface area contributed by atoms with E-state index >= 15 is 0 Å². The van der Waals surface area contributed by atoms with Crippen molar-refractivity contribution in [2.45, 2.75) is 31.8 Å². The van der Waals surface area contributed by atoms with Crippen molar-refractivity contribution < 1.29 is 15.0 Å². The maximum Gasteiger partial charge on any atom is 0.323 e. The number of hydrogen-bond acceptors (Lipinski definition) is 3. The highest BCUT2D eigenvalue weighted by Crippen LogP contribution is 2.14. The van der Waals surface area contributed by atoms with Crippen LogP contribution >= 0.6 is 0 Å². The summed E-state index contributed by atoms with van der Waals surface area (Å²) in [6.45, 7) is 3.30. The molecule has 0 saturated heterocycles. The molecule has 4 nitrogen and oxygen atoms in total. The number of aliphatic hydroxyl groups excluding tert-OH is 1. The van der Waals surface area contributed by atoms with Gasteiger partial charge in [-0.05, 0) is 19.4 Å². The Balaban J connectivity index is 2.82. The smallest absolute Gasteiger partial charge is 0.323 e. The summed E-state index contributed by atoms with van der Waals surface area (Å²) in [4.78, 5) is 11.3. The molecule has 94 valence electrons. The molecule has 1 rings (SSSR count). The highest BCUT2D eigenvalue weighted by atomic mass is 16.4. The molecule has 1 aromatic carbocycles. The van der Waals surface area contributed by atoms with E-state index in [-0.39, 0.29) is 12.6 Å². The van der Waals surface area contributed by atoms with Crippen LogP contribution in [-0.2, 0) is 11.2 Å². The summed E-state index contributed by atoms with van der Waals surface area (Å²) < 4.78 is 0. The number of carbonyl (C=O) groups is 1. The van der Waals surface area contributed by atoms with Crippen LogP contribution in [0.15, 0.2) is 30.3 Å². The number of nitrogens with one attached hydrogen (secondary N) is 1. The van der Waals surface area contributed by atoms with Crippen molar-refractivity contribution in [3.63, 3.8) is 0 Å². The summed E-state index contributed by atoms with van der Waals surface area (Å²) in [6, 6.07) is 9.20. The first-order valence-electron chi connectivity index (χ1n) is 5.64. The van der Waals surface area contributed by atoms with Crippen molar-refractivity contribution in [2.24, 2.45) is 0 Å². The third kappa shape index (κ3) is 3.84. The summed E-state index contributed by atoms with van der Waals surface area (Å²) in [5, 5.41) is 21.2. The number of hydrogen-bond donors (Lipinski definition) is 3. The third-order valence-electron chi connectivity index (χ3n) is 2.71. The largest absolute Gasteiger partial charge is 0.480 e. The number of carboxylic acid groups (broad SMARTS) is 1. The van der Waals surface area contributed by atoms with Crippen LogP contribution in [0.2, 0.25) is 0 Å². The fraction of sp³-hybridized carbons (Fsp3) is 0.462. The molecule has 0 aromatic heterocycles. The topological polar surface area (TPSA) is 69.6 Å². The Morgan fingerprint density at radius 2 is 2.00 bits per heavy atom. The number of benzene rings is 1. The van der Waals surface area contributed by atoms with Crippen molar-refractivity contribution in [3.8, 4) is 0 Å². The second-order valence-electron chi connectivity index (χ2n) is 4.53. The molecule has 17 heavy (non-hydrogen) atoms. The SMILES string of the molecule is CC(CO)NC(C)(Cc1ccccc1)C(=O)O. The van der Waals surface area contributed by atoms with E-state index in [1.807, 2.05) is 30.3 Å². The van der Waals surface area contributed by atoms with Crippen LogP contribution in [0.1, 0.15) is 19.4 Å². The zero-order chi connectivity index (χ0) is 12.9. The number of aliphatic carboxylic acids is 1. The van der Waals surface area contributed by atoms with Gasteiger partial charge in [0, 0.05) is 12.5 Å². The Kier molecular flexibility index (Phi) is 4.66. The molecule has 1 aromatic rings. The van der Waals surface area contributed by atoms with Crippen molar-refractivity contribution in [1.82, 2.24) is 5.32 Å². The lowest BCUT2D eigenvalue weighted by atomic mass is 9.92. The summed E-state index contributed by atoms with van der Waals surface area (Å²) in [7, 11) is 0. The van der Waals surface area contributed by atoms with E-state index in [1.165, 1.54) is 0 Å². The van der Waals surface area contributed by atoms with Gasteiger partial charge in [0.1, 0.15) is 5.54 Å². The van der Waals surface area contributed by atoms with E-state index in [9.17, 15) is 9.90 Å². The first-order valence-corrected chi connectivity index (χ1v) is 5.64. The zero-order valence-electron chi connectivity index (χ0n) is 10.2. The molecule has 0 saturated carbocycles. The van der Waals surface area contributed by atoms with Gasteiger partial charge in [0.15, 0.2) is 0 Å². The van der Waals surface area contributed by atoms with Crippen LogP contribution < -0.4 is 5.32 Å². The van der Waals surface area contributed by atoms with Gasteiger partial charge in [0.25, 0.3) is 0 Å². The first-order chi connectivity index (χ1) is 7.98. The van der Waals surface area contributed by atoms with Gasteiger partial charge in [-0.3, -0.25) is 10.1 Å². The molecule has 2 atom stereocenters. The molecule has 0 bridgehead atoms. The summed E-state index contributed by atoms with van der Waals surface area (Å²) in [5.41, 5.74) is -0.112. The summed E-state index contributed by atoms with van der Waals surface area (Å²) in [6.07, 6.45) is 0.382. The van der Waals surface area contributed by atoms with Crippen molar-refractivity contribution in [2.75, 3.05) is 6.61 Å². The Hall–Kier alpha value is -1.39. The van der Waals surface area contributed by atoms with Crippen LogP contribution in [0.4, 0.5) is 0 Å². The summed E-state index contributed by atoms with van der Waals surface area (Å²) in [5.74, 6) is -0.915. The second kappa shape index (κ2) is 5.80. The lowest BCUT2D eigenvalue weighted by Crippen LogP contribution is -2.55. The van der Waals surface area contributed by atoms with Gasteiger partial charge in [-0.15, -0.1) is 0 Å². The minimum atomic E-state index is -1.07. The summed E-state index contributed by atoms with van der Waals surface area (Å²) >= 11 is 0. The zero-order valence-corrected chi connectivity index (χ0v) is 10.2. The van der Waals surface area contributed by atoms with Crippen molar-refractivity contribution in [1.29, 1.82) is 0 Å². The molecule has 2 unspecified atom stereocenters. The lowest BCUT2D eigenvalue weighted by molar-refractivity contribution is -0.144. The Morgan fingerprint density at radius 1 is 1.41 bits per heavy atom. The quantitative estimate of drug-likeness (QED) is 0.691. The van der Waals surface area contributed by atoms with E-state index < -0.39 is 11.5 Å². The third-order valence-corrected chi connectivity index (χ3v) is 2.71. The van der Waals surface area contributed by atoms with Gasteiger partial charge in [0.2, 0.25) is 0 Å². The number of carboxylic acids is 1. The van der Waals surface area contributed by atoms with E-state index in [4.69, 9.17) is 5.11 Å². The molecule has 4 heteroatoms. The average molecular weight is 237 g/mol. The molecular formula is C13H19NO3. The number of aliphatic hydroxyl groups is 1. The molecule has 0 fully saturated rings. The van der Waals surface area contributed by atoms with E-state index in [1.54, 1.807) is 13.8 Å². The molecule has 0 aliphatic heterocycles. The van der Waals surface area contributed by atoms with Crippen molar-refractivity contribution in [3.05, 3.63) is 35.9 Å².